The monoisotopic (exact) mass is 424 g/mol. The Kier molecular flexibility index (Phi) is 7.17. The molecule has 150 valence electrons. The number of primary sulfonamides is 1. The highest BCUT2D eigenvalue weighted by atomic mass is 35.5. The molecule has 7 nitrogen and oxygen atoms in total. The number of nitrogens with zero attached hydrogens (tertiary/aromatic N) is 1. The SMILES string of the molecule is CCN(CC)C(=O)[C@H](OC(=O)c1ccc(Cl)c(S(N)(=O)=O)c1)c1ccccc1. The third kappa shape index (κ3) is 5.09. The summed E-state index contributed by atoms with van der Waals surface area (Å²) in [6.45, 7) is 4.55. The van der Waals surface area contributed by atoms with Crippen LogP contribution in [-0.4, -0.2) is 38.3 Å². The van der Waals surface area contributed by atoms with Crippen LogP contribution in [0.1, 0.15) is 35.9 Å². The van der Waals surface area contributed by atoms with Gasteiger partial charge >= 0.3 is 5.97 Å². The Balaban J connectivity index is 2.39. The summed E-state index contributed by atoms with van der Waals surface area (Å²) in [5.41, 5.74) is 0.426. The highest BCUT2D eigenvalue weighted by Crippen LogP contribution is 2.25. The number of ether oxygens (including phenoxy) is 1. The van der Waals surface area contributed by atoms with Gasteiger partial charge in [0.1, 0.15) is 4.90 Å². The maximum absolute atomic E-state index is 12.9. The first-order chi connectivity index (χ1) is 13.2. The molecule has 1 atom stereocenters. The lowest BCUT2D eigenvalue weighted by atomic mass is 10.1. The van der Waals surface area contributed by atoms with Crippen molar-refractivity contribution in [2.24, 2.45) is 5.14 Å². The molecule has 2 rings (SSSR count). The van der Waals surface area contributed by atoms with Crippen molar-refractivity contribution < 1.29 is 22.7 Å². The summed E-state index contributed by atoms with van der Waals surface area (Å²) in [7, 11) is -4.12. The molecular weight excluding hydrogens is 404 g/mol. The van der Waals surface area contributed by atoms with Crippen molar-refractivity contribution in [3.63, 3.8) is 0 Å². The molecule has 2 aromatic rings. The van der Waals surface area contributed by atoms with Crippen LogP contribution in [0.25, 0.3) is 0 Å². The van der Waals surface area contributed by atoms with Gasteiger partial charge in [0.25, 0.3) is 5.91 Å². The van der Waals surface area contributed by atoms with E-state index in [1.807, 2.05) is 13.8 Å². The first-order valence-corrected chi connectivity index (χ1v) is 10.5. The van der Waals surface area contributed by atoms with Gasteiger partial charge in [0, 0.05) is 18.7 Å². The number of hydrogen-bond donors (Lipinski definition) is 1. The summed E-state index contributed by atoms with van der Waals surface area (Å²) in [5.74, 6) is -1.24. The molecule has 1 amide bonds. The second kappa shape index (κ2) is 9.18. The van der Waals surface area contributed by atoms with E-state index in [0.717, 1.165) is 6.07 Å². The number of rotatable bonds is 7. The average Bonchev–Trinajstić information content (AvgIpc) is 2.66. The maximum atomic E-state index is 12.9. The van der Waals surface area contributed by atoms with Crippen LogP contribution in [0.3, 0.4) is 0 Å². The van der Waals surface area contributed by atoms with Gasteiger partial charge in [-0.15, -0.1) is 0 Å². The van der Waals surface area contributed by atoms with Crippen LogP contribution >= 0.6 is 11.6 Å². The predicted molar refractivity (Wildman–Crippen MR) is 105 cm³/mol. The molecule has 2 N–H and O–H groups in total. The predicted octanol–water partition coefficient (Wildman–Crippen LogP) is 2.75. The van der Waals surface area contributed by atoms with E-state index in [4.69, 9.17) is 21.5 Å². The van der Waals surface area contributed by atoms with Gasteiger partial charge in [-0.1, -0.05) is 41.9 Å². The highest BCUT2D eigenvalue weighted by Gasteiger charge is 2.29. The second-order valence-electron chi connectivity index (χ2n) is 5.90. The van der Waals surface area contributed by atoms with E-state index in [2.05, 4.69) is 0 Å². The standard InChI is InChI=1S/C19H21ClN2O5S/c1-3-22(4-2)18(23)17(13-8-6-5-7-9-13)27-19(24)14-10-11-15(20)16(12-14)28(21,25)26/h5-12,17H,3-4H2,1-2H3,(H2,21,25,26)/t17-/m1/s1. The van der Waals surface area contributed by atoms with E-state index >= 15 is 0 Å². The lowest BCUT2D eigenvalue weighted by Crippen LogP contribution is -2.36. The van der Waals surface area contributed by atoms with Crippen molar-refractivity contribution >= 4 is 33.5 Å². The van der Waals surface area contributed by atoms with Crippen LogP contribution in [0.2, 0.25) is 5.02 Å². The lowest BCUT2D eigenvalue weighted by Gasteiger charge is -2.25. The van der Waals surface area contributed by atoms with Gasteiger partial charge in [-0.25, -0.2) is 18.4 Å². The van der Waals surface area contributed by atoms with E-state index in [1.165, 1.54) is 12.1 Å². The molecule has 28 heavy (non-hydrogen) atoms. The van der Waals surface area contributed by atoms with Crippen molar-refractivity contribution in [1.82, 2.24) is 4.90 Å². The molecule has 0 aliphatic carbocycles. The lowest BCUT2D eigenvalue weighted by molar-refractivity contribution is -0.140. The fraction of sp³-hybridized carbons (Fsp3) is 0.263. The van der Waals surface area contributed by atoms with Gasteiger partial charge in [-0.05, 0) is 32.0 Å². The third-order valence-electron chi connectivity index (χ3n) is 4.10. The molecule has 9 heteroatoms. The van der Waals surface area contributed by atoms with E-state index < -0.39 is 27.0 Å². The minimum Gasteiger partial charge on any atom is -0.444 e. The van der Waals surface area contributed by atoms with E-state index in [1.54, 1.807) is 35.2 Å². The Morgan fingerprint density at radius 2 is 1.71 bits per heavy atom. The van der Waals surface area contributed by atoms with Gasteiger partial charge in [0.15, 0.2) is 0 Å². The Morgan fingerprint density at radius 3 is 2.25 bits per heavy atom. The van der Waals surface area contributed by atoms with Gasteiger partial charge in [0.05, 0.1) is 10.6 Å². The minimum absolute atomic E-state index is 0.0818. The number of amides is 1. The first-order valence-electron chi connectivity index (χ1n) is 8.56. The van der Waals surface area contributed by atoms with Crippen molar-refractivity contribution in [3.8, 4) is 0 Å². The Bertz CT molecular complexity index is 960. The zero-order valence-corrected chi connectivity index (χ0v) is 17.0. The van der Waals surface area contributed by atoms with Crippen LogP contribution in [0.5, 0.6) is 0 Å². The maximum Gasteiger partial charge on any atom is 0.339 e. The Morgan fingerprint density at radius 1 is 1.11 bits per heavy atom. The average molecular weight is 425 g/mol. The molecule has 0 aromatic heterocycles. The second-order valence-corrected chi connectivity index (χ2v) is 7.83. The van der Waals surface area contributed by atoms with Crippen LogP contribution in [0.4, 0.5) is 0 Å². The van der Waals surface area contributed by atoms with Gasteiger partial charge in [-0.3, -0.25) is 4.79 Å². The molecule has 0 aliphatic rings. The molecule has 2 aromatic carbocycles. The largest absolute Gasteiger partial charge is 0.444 e. The Hall–Kier alpha value is -2.42. The molecule has 0 saturated heterocycles. The summed E-state index contributed by atoms with van der Waals surface area (Å²) in [6.07, 6.45) is -1.16. The zero-order chi connectivity index (χ0) is 20.9. The number of sulfonamides is 1. The number of esters is 1. The normalized spacial score (nSPS) is 12.3. The minimum atomic E-state index is -4.12. The summed E-state index contributed by atoms with van der Waals surface area (Å²) in [6, 6.07) is 12.2. The van der Waals surface area contributed by atoms with Crippen LogP contribution in [0, 0.1) is 0 Å². The van der Waals surface area contributed by atoms with Crippen molar-refractivity contribution in [2.75, 3.05) is 13.1 Å². The molecule has 0 radical (unpaired) electrons. The van der Waals surface area contributed by atoms with Crippen LogP contribution in [-0.2, 0) is 19.6 Å². The fourth-order valence-electron chi connectivity index (χ4n) is 2.61. The molecule has 0 aliphatic heterocycles. The van der Waals surface area contributed by atoms with Gasteiger partial charge < -0.3 is 9.64 Å². The first kappa shape index (κ1) is 21.9. The number of likely N-dealkylation sites (N-methyl/N-ethyl adjacent to an activating group) is 1. The summed E-state index contributed by atoms with van der Waals surface area (Å²) in [4.78, 5) is 26.7. The van der Waals surface area contributed by atoms with Gasteiger partial charge in [-0.2, -0.15) is 0 Å². The van der Waals surface area contributed by atoms with Crippen molar-refractivity contribution in [2.45, 2.75) is 24.8 Å². The number of benzene rings is 2. The molecule has 0 saturated carbocycles. The number of hydrogen-bond acceptors (Lipinski definition) is 5. The summed E-state index contributed by atoms with van der Waals surface area (Å²) in [5, 5.41) is 5.00. The number of carbonyl (C=O) groups is 2. The topological polar surface area (TPSA) is 107 Å². The van der Waals surface area contributed by atoms with Gasteiger partial charge in [0.2, 0.25) is 16.1 Å². The number of nitrogens with two attached hydrogens (primary N) is 1. The van der Waals surface area contributed by atoms with Crippen molar-refractivity contribution in [3.05, 3.63) is 64.7 Å². The van der Waals surface area contributed by atoms with Crippen molar-refractivity contribution in [1.29, 1.82) is 0 Å². The Labute approximate surface area is 169 Å². The van der Waals surface area contributed by atoms with E-state index in [-0.39, 0.29) is 16.5 Å². The van der Waals surface area contributed by atoms with E-state index in [9.17, 15) is 18.0 Å². The molecular formula is C19H21ClN2O5S. The highest BCUT2D eigenvalue weighted by molar-refractivity contribution is 7.89. The van der Waals surface area contributed by atoms with E-state index in [0.29, 0.717) is 18.7 Å². The van der Waals surface area contributed by atoms with Crippen LogP contribution in [0.15, 0.2) is 53.4 Å². The number of carbonyl (C=O) groups excluding carboxylic acids is 2. The van der Waals surface area contributed by atoms with Crippen LogP contribution < -0.4 is 5.14 Å². The summed E-state index contributed by atoms with van der Waals surface area (Å²) >= 11 is 5.84. The smallest absolute Gasteiger partial charge is 0.339 e. The fourth-order valence-corrected chi connectivity index (χ4v) is 3.68. The number of halogens is 1. The zero-order valence-electron chi connectivity index (χ0n) is 15.5. The molecule has 0 spiro atoms. The third-order valence-corrected chi connectivity index (χ3v) is 5.49. The molecule has 0 bridgehead atoms. The quantitative estimate of drug-likeness (QED) is 0.687. The summed E-state index contributed by atoms with van der Waals surface area (Å²) < 4.78 is 28.7. The molecule has 0 heterocycles. The molecule has 0 unspecified atom stereocenters. The molecule has 0 fully saturated rings.